The topological polar surface area (TPSA) is 29.4 Å². The van der Waals surface area contributed by atoms with Crippen LogP contribution in [0, 0.1) is 19.3 Å². The fourth-order valence-corrected chi connectivity index (χ4v) is 2.99. The van der Waals surface area contributed by atoms with Gasteiger partial charge in [0.2, 0.25) is 0 Å². The number of aliphatic imine (C=N–C) groups is 1. The molecule has 1 aromatic rings. The largest absolute Gasteiger partial charge is 0.298 e. The standard InChI is InChI=1S/C22H22ClNO.C2H6/c1-6-17-7-10-21(15(4)11-17)24-22(14(2)3)12-19-16(5)18(13-25)8-9-20(19)23;1-2/h1,7-9,11,13H,10,12H2,2-5H3;1-2H3. The first-order valence-electron chi connectivity index (χ1n) is 9.19. The van der Waals surface area contributed by atoms with Crippen molar-refractivity contribution < 1.29 is 4.79 Å². The molecule has 0 bridgehead atoms. The van der Waals surface area contributed by atoms with Gasteiger partial charge < -0.3 is 0 Å². The number of hydrogen-bond donors (Lipinski definition) is 0. The second-order valence-corrected chi connectivity index (χ2v) is 6.78. The van der Waals surface area contributed by atoms with Gasteiger partial charge in [-0.15, -0.1) is 6.42 Å². The maximum atomic E-state index is 11.2. The number of carbonyl (C=O) groups is 1. The Balaban J connectivity index is 0.00000176. The molecule has 2 rings (SSSR count). The highest BCUT2D eigenvalue weighted by Crippen LogP contribution is 2.27. The van der Waals surface area contributed by atoms with E-state index < -0.39 is 0 Å². The van der Waals surface area contributed by atoms with Gasteiger partial charge in [-0.3, -0.25) is 9.79 Å². The van der Waals surface area contributed by atoms with E-state index in [2.05, 4.69) is 5.92 Å². The molecule has 0 saturated carbocycles. The average Bonchev–Trinajstić information content (AvgIpc) is 2.66. The minimum Gasteiger partial charge on any atom is -0.298 e. The highest BCUT2D eigenvalue weighted by Gasteiger charge is 2.14. The molecule has 142 valence electrons. The zero-order valence-electron chi connectivity index (χ0n) is 17.1. The Morgan fingerprint density at radius 3 is 2.48 bits per heavy atom. The van der Waals surface area contributed by atoms with Gasteiger partial charge in [0.15, 0.2) is 0 Å². The summed E-state index contributed by atoms with van der Waals surface area (Å²) in [6.07, 6.45) is 11.6. The number of hydrogen-bond acceptors (Lipinski definition) is 2. The van der Waals surface area contributed by atoms with Gasteiger partial charge in [0, 0.05) is 40.4 Å². The zero-order valence-corrected chi connectivity index (χ0v) is 17.9. The van der Waals surface area contributed by atoms with Crippen LogP contribution in [0.3, 0.4) is 0 Å². The molecule has 0 spiro atoms. The number of terminal acetylenes is 1. The van der Waals surface area contributed by atoms with E-state index in [9.17, 15) is 4.79 Å². The summed E-state index contributed by atoms with van der Waals surface area (Å²) < 4.78 is 0. The van der Waals surface area contributed by atoms with E-state index in [1.165, 1.54) is 0 Å². The molecule has 0 amide bonds. The molecule has 1 aromatic carbocycles. The predicted molar refractivity (Wildman–Crippen MR) is 118 cm³/mol. The smallest absolute Gasteiger partial charge is 0.150 e. The van der Waals surface area contributed by atoms with Crippen molar-refractivity contribution in [2.75, 3.05) is 0 Å². The van der Waals surface area contributed by atoms with Crippen molar-refractivity contribution in [3.05, 3.63) is 68.4 Å². The number of allylic oxidation sites excluding steroid dienone is 6. The van der Waals surface area contributed by atoms with E-state index >= 15 is 0 Å². The molecule has 0 unspecified atom stereocenters. The van der Waals surface area contributed by atoms with Crippen LogP contribution < -0.4 is 0 Å². The fraction of sp³-hybridized carbons (Fsp3) is 0.333. The molecule has 3 heteroatoms. The second-order valence-electron chi connectivity index (χ2n) is 6.38. The van der Waals surface area contributed by atoms with Gasteiger partial charge in [0.1, 0.15) is 6.29 Å². The number of rotatable bonds is 4. The molecule has 0 aromatic heterocycles. The number of aldehydes is 1. The maximum Gasteiger partial charge on any atom is 0.150 e. The summed E-state index contributed by atoms with van der Waals surface area (Å²) in [6.45, 7) is 12.0. The Hall–Kier alpha value is -2.37. The van der Waals surface area contributed by atoms with Crippen molar-refractivity contribution in [3.8, 4) is 12.3 Å². The van der Waals surface area contributed by atoms with Crippen LogP contribution in [0.1, 0.15) is 62.5 Å². The third-order valence-corrected chi connectivity index (χ3v) is 4.76. The molecule has 2 nitrogen and oxygen atoms in total. The van der Waals surface area contributed by atoms with Crippen LogP contribution in [0.2, 0.25) is 5.02 Å². The minimum atomic E-state index is 0.594. The quantitative estimate of drug-likeness (QED) is 0.422. The molecule has 0 fully saturated rings. The van der Waals surface area contributed by atoms with Gasteiger partial charge >= 0.3 is 0 Å². The number of carbonyl (C=O) groups excluding carboxylic acids is 1. The molecular weight excluding hydrogens is 354 g/mol. The predicted octanol–water partition coefficient (Wildman–Crippen LogP) is 6.67. The molecule has 0 N–H and O–H groups in total. The SMILES string of the molecule is C#CC1=CCC(=NC(Cc2c(Cl)ccc(C=O)c2C)=C(C)C)C(C)=C1.CC. The Morgan fingerprint density at radius 1 is 1.30 bits per heavy atom. The molecule has 0 saturated heterocycles. The molecule has 1 aliphatic carbocycles. The zero-order chi connectivity index (χ0) is 20.6. The Morgan fingerprint density at radius 2 is 1.96 bits per heavy atom. The van der Waals surface area contributed by atoms with Gasteiger partial charge in [0.05, 0.1) is 0 Å². The summed E-state index contributed by atoms with van der Waals surface area (Å²) in [4.78, 5) is 16.1. The van der Waals surface area contributed by atoms with E-state index in [1.807, 2.05) is 53.7 Å². The molecule has 27 heavy (non-hydrogen) atoms. The van der Waals surface area contributed by atoms with Crippen molar-refractivity contribution in [1.29, 1.82) is 0 Å². The van der Waals surface area contributed by atoms with Gasteiger partial charge in [-0.25, -0.2) is 0 Å². The third kappa shape index (κ3) is 5.81. The highest BCUT2D eigenvalue weighted by molar-refractivity contribution is 6.31. The molecule has 1 aliphatic rings. The van der Waals surface area contributed by atoms with Crippen molar-refractivity contribution in [2.45, 2.75) is 54.4 Å². The first-order chi connectivity index (χ1) is 12.9. The summed E-state index contributed by atoms with van der Waals surface area (Å²) in [5.74, 6) is 2.67. The van der Waals surface area contributed by atoms with Crippen LogP contribution in [0.25, 0.3) is 0 Å². The third-order valence-electron chi connectivity index (χ3n) is 4.41. The lowest BCUT2D eigenvalue weighted by Gasteiger charge is -2.15. The summed E-state index contributed by atoms with van der Waals surface area (Å²) in [7, 11) is 0. The van der Waals surface area contributed by atoms with E-state index in [1.54, 1.807) is 12.1 Å². The molecule has 0 atom stereocenters. The van der Waals surface area contributed by atoms with Gasteiger partial charge in [-0.2, -0.15) is 0 Å². The van der Waals surface area contributed by atoms with Crippen molar-refractivity contribution in [3.63, 3.8) is 0 Å². The number of benzene rings is 1. The summed E-state index contributed by atoms with van der Waals surface area (Å²) in [5.41, 5.74) is 7.60. The monoisotopic (exact) mass is 381 g/mol. The minimum absolute atomic E-state index is 0.594. The van der Waals surface area contributed by atoms with Crippen molar-refractivity contribution in [2.24, 2.45) is 4.99 Å². The van der Waals surface area contributed by atoms with Crippen LogP contribution in [-0.2, 0) is 6.42 Å². The van der Waals surface area contributed by atoms with E-state index in [4.69, 9.17) is 23.0 Å². The van der Waals surface area contributed by atoms with Crippen LogP contribution in [0.5, 0.6) is 0 Å². The number of halogens is 1. The van der Waals surface area contributed by atoms with Crippen LogP contribution in [0.15, 0.2) is 51.7 Å². The first kappa shape index (κ1) is 22.7. The van der Waals surface area contributed by atoms with Crippen LogP contribution in [-0.4, -0.2) is 12.0 Å². The normalized spacial score (nSPS) is 14.4. The molecule has 0 aliphatic heterocycles. The Bertz CT molecular complexity index is 872. The summed E-state index contributed by atoms with van der Waals surface area (Å²) in [6, 6.07) is 3.53. The van der Waals surface area contributed by atoms with Crippen LogP contribution in [0.4, 0.5) is 0 Å². The van der Waals surface area contributed by atoms with Crippen molar-refractivity contribution in [1.82, 2.24) is 0 Å². The molecular formula is C24H28ClNO. The lowest BCUT2D eigenvalue weighted by atomic mass is 9.96. The first-order valence-corrected chi connectivity index (χ1v) is 9.57. The maximum absolute atomic E-state index is 11.2. The highest BCUT2D eigenvalue weighted by atomic mass is 35.5. The fourth-order valence-electron chi connectivity index (χ4n) is 2.72. The lowest BCUT2D eigenvalue weighted by Crippen LogP contribution is -2.07. The van der Waals surface area contributed by atoms with E-state index in [-0.39, 0.29) is 0 Å². The van der Waals surface area contributed by atoms with Gasteiger partial charge in [0.25, 0.3) is 0 Å². The summed E-state index contributed by atoms with van der Waals surface area (Å²) >= 11 is 6.39. The lowest BCUT2D eigenvalue weighted by molar-refractivity contribution is 0.112. The summed E-state index contributed by atoms with van der Waals surface area (Å²) in [5, 5.41) is 0.660. The van der Waals surface area contributed by atoms with Crippen LogP contribution >= 0.6 is 11.6 Å². The van der Waals surface area contributed by atoms with Gasteiger partial charge in [-0.1, -0.05) is 43.0 Å². The molecule has 0 heterocycles. The molecule has 0 radical (unpaired) electrons. The van der Waals surface area contributed by atoms with E-state index in [0.29, 0.717) is 17.0 Å². The average molecular weight is 382 g/mol. The van der Waals surface area contributed by atoms with E-state index in [0.717, 1.165) is 52.0 Å². The Kier molecular flexibility index (Phi) is 8.98. The van der Waals surface area contributed by atoms with Crippen molar-refractivity contribution >= 4 is 23.6 Å². The van der Waals surface area contributed by atoms with Gasteiger partial charge in [-0.05, 0) is 62.6 Å². The number of nitrogens with zero attached hydrogens (tertiary/aromatic N) is 1. The second kappa shape index (κ2) is 10.7. The Labute approximate surface area is 168 Å².